The highest BCUT2D eigenvalue weighted by atomic mass is 15.0. The van der Waals surface area contributed by atoms with Gasteiger partial charge in [0.1, 0.15) is 5.65 Å². The van der Waals surface area contributed by atoms with Gasteiger partial charge in [-0.05, 0) is 41.1 Å². The number of benzene rings is 3. The van der Waals surface area contributed by atoms with Crippen molar-refractivity contribution in [1.29, 1.82) is 0 Å². The van der Waals surface area contributed by atoms with E-state index in [1.54, 1.807) is 0 Å². The molecule has 0 aliphatic carbocycles. The van der Waals surface area contributed by atoms with Crippen LogP contribution in [0.1, 0.15) is 0 Å². The number of aromatic amines is 1. The molecule has 0 spiro atoms. The second kappa shape index (κ2) is 3.42. The summed E-state index contributed by atoms with van der Waals surface area (Å²) in [6.45, 7) is 0. The molecule has 3 aromatic carbocycles. The second-order valence-electron chi connectivity index (χ2n) is 5.27. The SMILES string of the molecule is c1ccc2cc3c(cc2c1)cc1[nH]c2ccccc2n13. The van der Waals surface area contributed by atoms with Gasteiger partial charge in [-0.1, -0.05) is 36.4 Å². The molecule has 0 saturated heterocycles. The number of rotatable bonds is 0. The first-order valence-corrected chi connectivity index (χ1v) is 6.81. The lowest BCUT2D eigenvalue weighted by atomic mass is 10.1. The lowest BCUT2D eigenvalue weighted by Gasteiger charge is -2.00. The van der Waals surface area contributed by atoms with Crippen molar-refractivity contribution in [3.63, 3.8) is 0 Å². The quantitative estimate of drug-likeness (QED) is 0.413. The third-order valence-corrected chi connectivity index (χ3v) is 4.08. The van der Waals surface area contributed by atoms with Crippen LogP contribution in [0.3, 0.4) is 0 Å². The van der Waals surface area contributed by atoms with Crippen LogP contribution in [0.2, 0.25) is 0 Å². The second-order valence-corrected chi connectivity index (χ2v) is 5.27. The average molecular weight is 256 g/mol. The molecule has 2 heterocycles. The van der Waals surface area contributed by atoms with Gasteiger partial charge in [0.25, 0.3) is 0 Å². The van der Waals surface area contributed by atoms with Crippen LogP contribution in [0, 0.1) is 0 Å². The van der Waals surface area contributed by atoms with Gasteiger partial charge < -0.3 is 4.98 Å². The molecule has 20 heavy (non-hydrogen) atoms. The van der Waals surface area contributed by atoms with Crippen molar-refractivity contribution in [2.45, 2.75) is 0 Å². The zero-order valence-electron chi connectivity index (χ0n) is 10.8. The normalized spacial score (nSPS) is 12.0. The van der Waals surface area contributed by atoms with E-state index in [2.05, 4.69) is 76.1 Å². The zero-order chi connectivity index (χ0) is 13.1. The smallest absolute Gasteiger partial charge is 0.116 e. The molecular weight excluding hydrogens is 244 g/mol. The fourth-order valence-corrected chi connectivity index (χ4v) is 3.16. The van der Waals surface area contributed by atoms with Crippen LogP contribution in [0.5, 0.6) is 0 Å². The number of hydrogen-bond acceptors (Lipinski definition) is 0. The van der Waals surface area contributed by atoms with Crippen molar-refractivity contribution in [2.24, 2.45) is 0 Å². The topological polar surface area (TPSA) is 20.2 Å². The number of imidazole rings is 1. The van der Waals surface area contributed by atoms with Gasteiger partial charge in [-0.3, -0.25) is 4.40 Å². The van der Waals surface area contributed by atoms with Crippen molar-refractivity contribution in [2.75, 3.05) is 0 Å². The van der Waals surface area contributed by atoms with Gasteiger partial charge >= 0.3 is 0 Å². The van der Waals surface area contributed by atoms with Crippen molar-refractivity contribution in [1.82, 2.24) is 9.38 Å². The molecule has 0 fully saturated rings. The maximum Gasteiger partial charge on any atom is 0.116 e. The molecular formula is C18H12N2. The monoisotopic (exact) mass is 256 g/mol. The highest BCUT2D eigenvalue weighted by Crippen LogP contribution is 2.29. The lowest BCUT2D eigenvalue weighted by molar-refractivity contribution is 1.33. The third-order valence-electron chi connectivity index (χ3n) is 4.08. The van der Waals surface area contributed by atoms with Gasteiger partial charge in [-0.25, -0.2) is 0 Å². The van der Waals surface area contributed by atoms with Crippen molar-refractivity contribution in [3.8, 4) is 0 Å². The summed E-state index contributed by atoms with van der Waals surface area (Å²) in [6.07, 6.45) is 0. The Labute approximate surface area is 115 Å². The van der Waals surface area contributed by atoms with Crippen LogP contribution in [-0.4, -0.2) is 9.38 Å². The van der Waals surface area contributed by atoms with Crippen LogP contribution in [0.4, 0.5) is 0 Å². The molecule has 0 unspecified atom stereocenters. The first-order chi connectivity index (χ1) is 9.90. The Kier molecular flexibility index (Phi) is 1.73. The van der Waals surface area contributed by atoms with E-state index >= 15 is 0 Å². The third kappa shape index (κ3) is 1.18. The molecule has 0 atom stereocenters. The number of fused-ring (bicyclic) bond motifs is 6. The molecule has 5 rings (SSSR count). The summed E-state index contributed by atoms with van der Waals surface area (Å²) < 4.78 is 2.30. The van der Waals surface area contributed by atoms with E-state index in [1.165, 1.54) is 32.7 Å². The number of nitrogens with one attached hydrogen (secondary N) is 1. The minimum absolute atomic E-state index is 1.15. The Bertz CT molecular complexity index is 1090. The average Bonchev–Trinajstić information content (AvgIpc) is 3.00. The van der Waals surface area contributed by atoms with Crippen molar-refractivity contribution in [3.05, 3.63) is 66.7 Å². The summed E-state index contributed by atoms with van der Waals surface area (Å²) in [5.41, 5.74) is 4.82. The summed E-state index contributed by atoms with van der Waals surface area (Å²) in [4.78, 5) is 3.48. The van der Waals surface area contributed by atoms with Crippen LogP contribution in [0.15, 0.2) is 66.7 Å². The lowest BCUT2D eigenvalue weighted by Crippen LogP contribution is -1.80. The summed E-state index contributed by atoms with van der Waals surface area (Å²) >= 11 is 0. The van der Waals surface area contributed by atoms with Gasteiger partial charge in [0.05, 0.1) is 16.6 Å². The molecule has 0 aliphatic rings. The Morgan fingerprint density at radius 2 is 1.40 bits per heavy atom. The van der Waals surface area contributed by atoms with Crippen LogP contribution >= 0.6 is 0 Å². The Morgan fingerprint density at radius 3 is 2.30 bits per heavy atom. The van der Waals surface area contributed by atoms with Gasteiger partial charge in [-0.15, -0.1) is 0 Å². The zero-order valence-corrected chi connectivity index (χ0v) is 10.8. The Morgan fingerprint density at radius 1 is 0.650 bits per heavy atom. The van der Waals surface area contributed by atoms with Crippen LogP contribution in [0.25, 0.3) is 38.4 Å². The number of H-pyrrole nitrogens is 1. The minimum atomic E-state index is 1.15. The van der Waals surface area contributed by atoms with Crippen molar-refractivity contribution >= 4 is 38.4 Å². The van der Waals surface area contributed by atoms with Gasteiger partial charge in [0.15, 0.2) is 0 Å². The number of nitrogens with zero attached hydrogens (tertiary/aromatic N) is 1. The predicted molar refractivity (Wildman–Crippen MR) is 84.3 cm³/mol. The van der Waals surface area contributed by atoms with Crippen LogP contribution in [-0.2, 0) is 0 Å². The molecule has 5 aromatic rings. The largest absolute Gasteiger partial charge is 0.340 e. The fourth-order valence-electron chi connectivity index (χ4n) is 3.16. The maximum atomic E-state index is 3.48. The fraction of sp³-hybridized carbons (Fsp3) is 0. The van der Waals surface area contributed by atoms with Crippen molar-refractivity contribution < 1.29 is 0 Å². The molecule has 2 nitrogen and oxygen atoms in total. The van der Waals surface area contributed by atoms with Gasteiger partial charge in [0.2, 0.25) is 0 Å². The highest BCUT2D eigenvalue weighted by Gasteiger charge is 2.09. The Balaban J connectivity index is 2.07. The first kappa shape index (κ1) is 10.1. The van der Waals surface area contributed by atoms with E-state index in [4.69, 9.17) is 0 Å². The molecule has 94 valence electrons. The molecule has 0 saturated carbocycles. The molecule has 0 radical (unpaired) electrons. The number of aromatic nitrogens is 2. The highest BCUT2D eigenvalue weighted by molar-refractivity contribution is 6.02. The minimum Gasteiger partial charge on any atom is -0.340 e. The predicted octanol–water partition coefficient (Wildman–Crippen LogP) is 4.73. The van der Waals surface area contributed by atoms with E-state index in [-0.39, 0.29) is 0 Å². The molecule has 1 N–H and O–H groups in total. The summed E-state index contributed by atoms with van der Waals surface area (Å²) in [5.74, 6) is 0. The molecule has 2 heteroatoms. The summed E-state index contributed by atoms with van der Waals surface area (Å²) in [6, 6.07) is 23.7. The van der Waals surface area contributed by atoms with E-state index in [0.29, 0.717) is 0 Å². The van der Waals surface area contributed by atoms with E-state index in [9.17, 15) is 0 Å². The number of hydrogen-bond donors (Lipinski definition) is 1. The maximum absolute atomic E-state index is 3.48. The summed E-state index contributed by atoms with van der Waals surface area (Å²) in [5, 5.41) is 3.85. The van der Waals surface area contributed by atoms with Gasteiger partial charge in [-0.2, -0.15) is 0 Å². The summed E-state index contributed by atoms with van der Waals surface area (Å²) in [7, 11) is 0. The standard InChI is InChI=1S/C18H12N2/c1-2-6-13-10-17-14(9-12(13)5-1)11-18-19-15-7-3-4-8-16(15)20(17)18/h1-11,19H. The molecule has 2 aromatic heterocycles. The van der Waals surface area contributed by atoms with Crippen LogP contribution < -0.4 is 0 Å². The van der Waals surface area contributed by atoms with E-state index in [1.807, 2.05) is 0 Å². The van der Waals surface area contributed by atoms with E-state index < -0.39 is 0 Å². The van der Waals surface area contributed by atoms with Gasteiger partial charge in [0, 0.05) is 5.39 Å². The molecule has 0 aliphatic heterocycles. The van der Waals surface area contributed by atoms with E-state index in [0.717, 1.165) is 5.65 Å². The molecule has 0 amide bonds. The number of para-hydroxylation sites is 2. The first-order valence-electron chi connectivity index (χ1n) is 6.81. The Hall–Kier alpha value is -2.74. The molecule has 0 bridgehead atoms.